The number of nitrogens with zero attached hydrogens (tertiary/aromatic N) is 2. The summed E-state index contributed by atoms with van der Waals surface area (Å²) < 4.78 is 0. The summed E-state index contributed by atoms with van der Waals surface area (Å²) in [5, 5.41) is 3.45. The summed E-state index contributed by atoms with van der Waals surface area (Å²) in [6.07, 6.45) is 7.30. The van der Waals surface area contributed by atoms with Crippen molar-refractivity contribution in [2.75, 3.05) is 26.2 Å². The molecule has 0 bridgehead atoms. The van der Waals surface area contributed by atoms with E-state index in [1.165, 1.54) is 45.3 Å². The van der Waals surface area contributed by atoms with Gasteiger partial charge >= 0.3 is 0 Å². The van der Waals surface area contributed by atoms with Gasteiger partial charge in [0.1, 0.15) is 0 Å². The van der Waals surface area contributed by atoms with Crippen LogP contribution in [0.1, 0.15) is 31.4 Å². The van der Waals surface area contributed by atoms with Gasteiger partial charge in [-0.15, -0.1) is 0 Å². The van der Waals surface area contributed by atoms with Crippen molar-refractivity contribution < 1.29 is 0 Å². The molecule has 0 atom stereocenters. The lowest BCUT2D eigenvalue weighted by molar-refractivity contribution is 0.225. The summed E-state index contributed by atoms with van der Waals surface area (Å²) in [6.45, 7) is 5.84. The van der Waals surface area contributed by atoms with Crippen molar-refractivity contribution in [1.82, 2.24) is 15.2 Å². The summed E-state index contributed by atoms with van der Waals surface area (Å²) >= 11 is 0. The zero-order valence-electron chi connectivity index (χ0n) is 10.6. The van der Waals surface area contributed by atoms with Crippen LogP contribution in [0.4, 0.5) is 0 Å². The summed E-state index contributed by atoms with van der Waals surface area (Å²) in [7, 11) is 0. The van der Waals surface area contributed by atoms with E-state index in [0.717, 1.165) is 18.8 Å². The van der Waals surface area contributed by atoms with Crippen molar-refractivity contribution in [3.63, 3.8) is 0 Å². The fourth-order valence-electron chi connectivity index (χ4n) is 2.33. The van der Waals surface area contributed by atoms with Crippen LogP contribution in [0.2, 0.25) is 0 Å². The van der Waals surface area contributed by atoms with Crippen LogP contribution in [0.25, 0.3) is 0 Å². The van der Waals surface area contributed by atoms with E-state index in [2.05, 4.69) is 21.3 Å². The van der Waals surface area contributed by atoms with E-state index >= 15 is 0 Å². The van der Waals surface area contributed by atoms with E-state index in [9.17, 15) is 0 Å². The molecular weight excluding hydrogens is 210 g/mol. The van der Waals surface area contributed by atoms with Gasteiger partial charge < -0.3 is 10.2 Å². The largest absolute Gasteiger partial charge is 0.311 e. The van der Waals surface area contributed by atoms with Gasteiger partial charge in [-0.1, -0.05) is 12.5 Å². The minimum Gasteiger partial charge on any atom is -0.311 e. The molecule has 1 aromatic heterocycles. The first-order valence-corrected chi connectivity index (χ1v) is 6.78. The van der Waals surface area contributed by atoms with Gasteiger partial charge in [-0.2, -0.15) is 0 Å². The topological polar surface area (TPSA) is 28.2 Å². The first kappa shape index (κ1) is 12.5. The van der Waals surface area contributed by atoms with Gasteiger partial charge in [0.25, 0.3) is 0 Å². The zero-order chi connectivity index (χ0) is 11.8. The van der Waals surface area contributed by atoms with Gasteiger partial charge in [-0.05, 0) is 57.6 Å². The third-order valence-electron chi connectivity index (χ3n) is 3.31. The Hall–Kier alpha value is -0.930. The van der Waals surface area contributed by atoms with Crippen LogP contribution < -0.4 is 5.32 Å². The molecule has 1 fully saturated rings. The molecule has 0 saturated carbocycles. The minimum atomic E-state index is 0.890. The molecule has 0 amide bonds. The number of pyridine rings is 1. The molecule has 0 spiro atoms. The third-order valence-corrected chi connectivity index (χ3v) is 3.31. The smallest absolute Gasteiger partial charge is 0.0541 e. The fraction of sp³-hybridized carbons (Fsp3) is 0.643. The van der Waals surface area contributed by atoms with Crippen LogP contribution in [0, 0.1) is 0 Å². The number of aromatic nitrogens is 1. The van der Waals surface area contributed by atoms with Crippen molar-refractivity contribution in [3.8, 4) is 0 Å². The predicted molar refractivity (Wildman–Crippen MR) is 70.9 cm³/mol. The number of hydrogen-bond acceptors (Lipinski definition) is 3. The lowest BCUT2D eigenvalue weighted by Crippen LogP contribution is -2.32. The standard InChI is InChI=1S/C14H23N3/c1-4-10-17(11-5-1)12-6-8-15-13-14-7-2-3-9-16-14/h2-3,7,9,15H,1,4-6,8,10-13H2. The van der Waals surface area contributed by atoms with Gasteiger partial charge in [-0.25, -0.2) is 0 Å². The van der Waals surface area contributed by atoms with E-state index in [1.54, 1.807) is 0 Å². The maximum Gasteiger partial charge on any atom is 0.0541 e. The van der Waals surface area contributed by atoms with E-state index in [4.69, 9.17) is 0 Å². The monoisotopic (exact) mass is 233 g/mol. The fourth-order valence-corrected chi connectivity index (χ4v) is 2.33. The number of hydrogen-bond donors (Lipinski definition) is 1. The first-order valence-electron chi connectivity index (χ1n) is 6.78. The number of nitrogens with one attached hydrogen (secondary N) is 1. The Kier molecular flexibility index (Phi) is 5.46. The second-order valence-corrected chi connectivity index (χ2v) is 4.75. The molecule has 1 aromatic rings. The lowest BCUT2D eigenvalue weighted by Gasteiger charge is -2.26. The van der Waals surface area contributed by atoms with Gasteiger partial charge in [0.05, 0.1) is 5.69 Å². The van der Waals surface area contributed by atoms with Crippen LogP contribution in [-0.2, 0) is 6.54 Å². The SMILES string of the molecule is c1ccc(CNCCCN2CCCCC2)nc1. The molecule has 2 heterocycles. The van der Waals surface area contributed by atoms with Crippen LogP contribution in [0.3, 0.4) is 0 Å². The van der Waals surface area contributed by atoms with Crippen molar-refractivity contribution in [2.24, 2.45) is 0 Å². The molecule has 0 unspecified atom stereocenters. The van der Waals surface area contributed by atoms with Gasteiger partial charge in [-0.3, -0.25) is 4.98 Å². The average molecular weight is 233 g/mol. The molecule has 94 valence electrons. The summed E-state index contributed by atoms with van der Waals surface area (Å²) in [6, 6.07) is 6.06. The van der Waals surface area contributed by atoms with Crippen LogP contribution in [0.5, 0.6) is 0 Å². The Morgan fingerprint density at radius 3 is 2.82 bits per heavy atom. The Labute approximate surface area is 104 Å². The van der Waals surface area contributed by atoms with Crippen LogP contribution >= 0.6 is 0 Å². The maximum atomic E-state index is 4.29. The molecule has 0 aliphatic carbocycles. The molecule has 0 radical (unpaired) electrons. The summed E-state index contributed by atoms with van der Waals surface area (Å²) in [4.78, 5) is 6.88. The number of rotatable bonds is 6. The quantitative estimate of drug-likeness (QED) is 0.762. The van der Waals surface area contributed by atoms with Crippen LogP contribution in [-0.4, -0.2) is 36.1 Å². The Bertz CT molecular complexity index is 294. The highest BCUT2D eigenvalue weighted by Crippen LogP contribution is 2.08. The highest BCUT2D eigenvalue weighted by molar-refractivity contribution is 5.02. The average Bonchev–Trinajstić information content (AvgIpc) is 2.41. The molecular formula is C14H23N3. The second-order valence-electron chi connectivity index (χ2n) is 4.75. The highest BCUT2D eigenvalue weighted by atomic mass is 15.1. The van der Waals surface area contributed by atoms with Crippen LogP contribution in [0.15, 0.2) is 24.4 Å². The summed E-state index contributed by atoms with van der Waals surface area (Å²) in [5.41, 5.74) is 1.13. The molecule has 17 heavy (non-hydrogen) atoms. The molecule has 0 aromatic carbocycles. The Balaban J connectivity index is 1.51. The van der Waals surface area contributed by atoms with Crippen molar-refractivity contribution in [2.45, 2.75) is 32.2 Å². The van der Waals surface area contributed by atoms with Gasteiger partial charge in [0.15, 0.2) is 0 Å². The van der Waals surface area contributed by atoms with E-state index in [0.29, 0.717) is 0 Å². The predicted octanol–water partition coefficient (Wildman–Crippen LogP) is 2.05. The Morgan fingerprint density at radius 2 is 2.06 bits per heavy atom. The normalized spacial score (nSPS) is 17.2. The van der Waals surface area contributed by atoms with Crippen molar-refractivity contribution in [1.29, 1.82) is 0 Å². The number of likely N-dealkylation sites (tertiary alicyclic amines) is 1. The zero-order valence-corrected chi connectivity index (χ0v) is 10.6. The van der Waals surface area contributed by atoms with E-state index in [-0.39, 0.29) is 0 Å². The minimum absolute atomic E-state index is 0.890. The molecule has 2 rings (SSSR count). The first-order chi connectivity index (χ1) is 8.45. The van der Waals surface area contributed by atoms with Crippen molar-refractivity contribution >= 4 is 0 Å². The van der Waals surface area contributed by atoms with Crippen molar-refractivity contribution in [3.05, 3.63) is 30.1 Å². The molecule has 3 heteroatoms. The Morgan fingerprint density at radius 1 is 1.18 bits per heavy atom. The maximum absolute atomic E-state index is 4.29. The van der Waals surface area contributed by atoms with Gasteiger partial charge in [0, 0.05) is 12.7 Å². The molecule has 1 N–H and O–H groups in total. The van der Waals surface area contributed by atoms with E-state index < -0.39 is 0 Å². The molecule has 1 saturated heterocycles. The molecule has 1 aliphatic rings. The van der Waals surface area contributed by atoms with E-state index in [1.807, 2.05) is 18.3 Å². The summed E-state index contributed by atoms with van der Waals surface area (Å²) in [5.74, 6) is 0. The molecule has 3 nitrogen and oxygen atoms in total. The second kappa shape index (κ2) is 7.41. The van der Waals surface area contributed by atoms with Gasteiger partial charge in [0.2, 0.25) is 0 Å². The highest BCUT2D eigenvalue weighted by Gasteiger charge is 2.08. The number of piperidine rings is 1. The third kappa shape index (κ3) is 4.84. The lowest BCUT2D eigenvalue weighted by atomic mass is 10.1. The molecule has 1 aliphatic heterocycles.